The zero-order chi connectivity index (χ0) is 28.5. The van der Waals surface area contributed by atoms with Gasteiger partial charge in [0.15, 0.2) is 0 Å². The fraction of sp³-hybridized carbons (Fsp3) is 0.379. The Morgan fingerprint density at radius 3 is 2.03 bits per heavy atom. The molecule has 2 aromatic carbocycles. The maximum absolute atomic E-state index is 13.5. The number of carboxylic acids is 1. The van der Waals surface area contributed by atoms with Crippen molar-refractivity contribution in [2.24, 2.45) is 11.7 Å². The van der Waals surface area contributed by atoms with E-state index in [0.29, 0.717) is 6.42 Å². The van der Waals surface area contributed by atoms with Crippen LogP contribution in [0, 0.1) is 5.92 Å². The quantitative estimate of drug-likeness (QED) is 0.195. The van der Waals surface area contributed by atoms with E-state index < -0.39 is 47.9 Å². The molecule has 0 aliphatic heterocycles. The number of rotatable bonds is 13. The molecule has 208 valence electrons. The number of aromatic nitrogens is 1. The molecule has 4 unspecified atom stereocenters. The molecule has 0 fully saturated rings. The fourth-order valence-electron chi connectivity index (χ4n) is 4.33. The van der Waals surface area contributed by atoms with Gasteiger partial charge in [-0.1, -0.05) is 62.4 Å². The van der Waals surface area contributed by atoms with E-state index in [1.165, 1.54) is 6.92 Å². The van der Waals surface area contributed by atoms with Crippen molar-refractivity contribution in [3.63, 3.8) is 0 Å². The van der Waals surface area contributed by atoms with Gasteiger partial charge >= 0.3 is 5.97 Å². The van der Waals surface area contributed by atoms with E-state index >= 15 is 0 Å². The van der Waals surface area contributed by atoms with Gasteiger partial charge in [-0.15, -0.1) is 0 Å². The highest BCUT2D eigenvalue weighted by Crippen LogP contribution is 2.19. The molecule has 7 N–H and O–H groups in total. The minimum atomic E-state index is -1.20. The molecule has 0 bridgehead atoms. The SMILES string of the molecule is CC(C)CC(NC(=O)C(C)N)C(=O)NC(Cc1c[nH]c2ccccc12)C(=O)NC(Cc1ccccc1)C(=O)O. The lowest BCUT2D eigenvalue weighted by molar-refractivity contribution is -0.142. The number of amides is 3. The lowest BCUT2D eigenvalue weighted by atomic mass is 10.00. The number of benzene rings is 2. The van der Waals surface area contributed by atoms with E-state index in [9.17, 15) is 24.3 Å². The number of hydrogen-bond acceptors (Lipinski definition) is 5. The number of aliphatic carboxylic acids is 1. The number of nitrogens with two attached hydrogens (primary N) is 1. The summed E-state index contributed by atoms with van der Waals surface area (Å²) in [5, 5.41) is 18.7. The Bertz CT molecular complexity index is 1290. The monoisotopic (exact) mass is 535 g/mol. The number of H-pyrrole nitrogens is 1. The number of aromatic amines is 1. The lowest BCUT2D eigenvalue weighted by Crippen LogP contribution is -2.57. The number of carbonyl (C=O) groups is 4. The van der Waals surface area contributed by atoms with Crippen LogP contribution in [-0.2, 0) is 32.0 Å². The average Bonchev–Trinajstić information content (AvgIpc) is 3.30. The van der Waals surface area contributed by atoms with Crippen LogP contribution in [0.3, 0.4) is 0 Å². The Kier molecular flexibility index (Phi) is 10.2. The van der Waals surface area contributed by atoms with Crippen LogP contribution in [-0.4, -0.2) is 57.9 Å². The molecule has 1 aromatic heterocycles. The Morgan fingerprint density at radius 2 is 1.38 bits per heavy atom. The summed E-state index contributed by atoms with van der Waals surface area (Å²) < 4.78 is 0. The first-order chi connectivity index (χ1) is 18.5. The largest absolute Gasteiger partial charge is 0.480 e. The highest BCUT2D eigenvalue weighted by molar-refractivity contribution is 5.94. The fourth-order valence-corrected chi connectivity index (χ4v) is 4.33. The molecule has 1 heterocycles. The van der Waals surface area contributed by atoms with Gasteiger partial charge in [0.25, 0.3) is 0 Å². The van der Waals surface area contributed by atoms with E-state index in [2.05, 4.69) is 20.9 Å². The first-order valence-electron chi connectivity index (χ1n) is 13.0. The van der Waals surface area contributed by atoms with Crippen LogP contribution < -0.4 is 21.7 Å². The van der Waals surface area contributed by atoms with Crippen molar-refractivity contribution in [2.45, 2.75) is 64.2 Å². The molecule has 0 aliphatic carbocycles. The zero-order valence-electron chi connectivity index (χ0n) is 22.4. The second-order valence-electron chi connectivity index (χ2n) is 10.2. The van der Waals surface area contributed by atoms with Gasteiger partial charge in [0.05, 0.1) is 6.04 Å². The third-order valence-corrected chi connectivity index (χ3v) is 6.38. The molecule has 10 heteroatoms. The molecule has 3 aromatic rings. The van der Waals surface area contributed by atoms with Gasteiger partial charge in [0, 0.05) is 29.9 Å². The molecule has 10 nitrogen and oxygen atoms in total. The molecule has 0 saturated carbocycles. The number of carbonyl (C=O) groups excluding carboxylic acids is 3. The van der Waals surface area contributed by atoms with Crippen LogP contribution in [0.25, 0.3) is 10.9 Å². The molecule has 3 rings (SSSR count). The molecule has 0 saturated heterocycles. The minimum absolute atomic E-state index is 0.0669. The van der Waals surface area contributed by atoms with Gasteiger partial charge in [-0.25, -0.2) is 4.79 Å². The smallest absolute Gasteiger partial charge is 0.326 e. The van der Waals surface area contributed by atoms with Crippen LogP contribution in [0.2, 0.25) is 0 Å². The third-order valence-electron chi connectivity index (χ3n) is 6.38. The lowest BCUT2D eigenvalue weighted by Gasteiger charge is -2.26. The van der Waals surface area contributed by atoms with Gasteiger partial charge in [-0.2, -0.15) is 0 Å². The number of nitrogens with one attached hydrogen (secondary N) is 4. The van der Waals surface area contributed by atoms with Crippen molar-refractivity contribution in [2.75, 3.05) is 0 Å². The number of carboxylic acid groups (broad SMARTS) is 1. The molecule has 0 aliphatic rings. The standard InChI is InChI=1S/C29H37N5O5/c1-17(2)13-23(32-26(35)18(3)30)27(36)33-24(15-20-16-31-22-12-8-7-11-21(20)22)28(37)34-25(29(38)39)14-19-9-5-4-6-10-19/h4-12,16-18,23-25,31H,13-15,30H2,1-3H3,(H,32,35)(H,33,36)(H,34,37)(H,38,39). The van der Waals surface area contributed by atoms with Gasteiger partial charge < -0.3 is 31.8 Å². The van der Waals surface area contributed by atoms with Crippen LogP contribution in [0.5, 0.6) is 0 Å². The first-order valence-corrected chi connectivity index (χ1v) is 13.0. The highest BCUT2D eigenvalue weighted by Gasteiger charge is 2.31. The summed E-state index contributed by atoms with van der Waals surface area (Å²) in [5.41, 5.74) is 8.08. The molecule has 39 heavy (non-hydrogen) atoms. The summed E-state index contributed by atoms with van der Waals surface area (Å²) in [6, 6.07) is 12.5. The second kappa shape index (κ2) is 13.6. The average molecular weight is 536 g/mol. The summed E-state index contributed by atoms with van der Waals surface area (Å²) in [6.07, 6.45) is 2.28. The van der Waals surface area contributed by atoms with Crippen molar-refractivity contribution >= 4 is 34.6 Å². The van der Waals surface area contributed by atoms with Crippen molar-refractivity contribution < 1.29 is 24.3 Å². The predicted octanol–water partition coefficient (Wildman–Crippen LogP) is 1.89. The van der Waals surface area contributed by atoms with Gasteiger partial charge in [-0.05, 0) is 36.5 Å². The van der Waals surface area contributed by atoms with Crippen LogP contribution in [0.4, 0.5) is 0 Å². The minimum Gasteiger partial charge on any atom is -0.480 e. The van der Waals surface area contributed by atoms with Gasteiger partial charge in [0.1, 0.15) is 18.1 Å². The summed E-state index contributed by atoms with van der Waals surface area (Å²) in [4.78, 5) is 54.4. The first kappa shape index (κ1) is 29.4. The van der Waals surface area contributed by atoms with E-state index in [1.54, 1.807) is 30.5 Å². The Hall–Kier alpha value is -4.18. The zero-order valence-corrected chi connectivity index (χ0v) is 22.4. The molecular formula is C29H37N5O5. The number of hydrogen-bond donors (Lipinski definition) is 6. The van der Waals surface area contributed by atoms with E-state index in [-0.39, 0.29) is 18.8 Å². The molecule has 3 amide bonds. The molecule has 0 spiro atoms. The summed E-state index contributed by atoms with van der Waals surface area (Å²) in [7, 11) is 0. The van der Waals surface area contributed by atoms with Crippen molar-refractivity contribution in [1.29, 1.82) is 0 Å². The predicted molar refractivity (Wildman–Crippen MR) is 149 cm³/mol. The highest BCUT2D eigenvalue weighted by atomic mass is 16.4. The molecule has 4 atom stereocenters. The summed E-state index contributed by atoms with van der Waals surface area (Å²) in [5.74, 6) is -2.79. The Labute approximate surface area is 227 Å². The second-order valence-corrected chi connectivity index (χ2v) is 10.2. The maximum atomic E-state index is 13.5. The molecule has 0 radical (unpaired) electrons. The van der Waals surface area contributed by atoms with E-state index in [0.717, 1.165) is 22.0 Å². The number of para-hydroxylation sites is 1. The molecular weight excluding hydrogens is 498 g/mol. The van der Waals surface area contributed by atoms with Crippen LogP contribution in [0.1, 0.15) is 38.3 Å². The van der Waals surface area contributed by atoms with Gasteiger partial charge in [-0.3, -0.25) is 14.4 Å². The van der Waals surface area contributed by atoms with E-state index in [1.807, 2.05) is 44.2 Å². The summed E-state index contributed by atoms with van der Waals surface area (Å²) >= 11 is 0. The van der Waals surface area contributed by atoms with Gasteiger partial charge in [0.2, 0.25) is 17.7 Å². The third kappa shape index (κ3) is 8.41. The topological polar surface area (TPSA) is 166 Å². The Morgan fingerprint density at radius 1 is 0.795 bits per heavy atom. The van der Waals surface area contributed by atoms with Crippen LogP contribution in [0.15, 0.2) is 60.8 Å². The van der Waals surface area contributed by atoms with Crippen molar-refractivity contribution in [3.8, 4) is 0 Å². The maximum Gasteiger partial charge on any atom is 0.326 e. The van der Waals surface area contributed by atoms with Crippen LogP contribution >= 0.6 is 0 Å². The summed E-state index contributed by atoms with van der Waals surface area (Å²) in [6.45, 7) is 5.34. The van der Waals surface area contributed by atoms with E-state index in [4.69, 9.17) is 5.73 Å². The normalized spacial score (nSPS) is 14.3. The Balaban J connectivity index is 1.87. The van der Waals surface area contributed by atoms with Crippen molar-refractivity contribution in [1.82, 2.24) is 20.9 Å². The van der Waals surface area contributed by atoms with Crippen molar-refractivity contribution in [3.05, 3.63) is 71.9 Å². The number of fused-ring (bicyclic) bond motifs is 1.